The lowest BCUT2D eigenvalue weighted by Crippen LogP contribution is -2.62. The van der Waals surface area contributed by atoms with Crippen LogP contribution >= 0.6 is 0 Å². The Labute approximate surface area is 224 Å². The van der Waals surface area contributed by atoms with E-state index < -0.39 is 0 Å². The lowest BCUT2D eigenvalue weighted by atomic mass is 9.84. The third-order valence-electron chi connectivity index (χ3n) is 8.54. The Kier molecular flexibility index (Phi) is 5.64. The number of fused-ring (bicyclic) bond motifs is 3. The van der Waals surface area contributed by atoms with Crippen LogP contribution in [0.15, 0.2) is 42.5 Å². The maximum absolute atomic E-state index is 9.61. The number of benzene rings is 2. The fourth-order valence-electron chi connectivity index (χ4n) is 6.72. The number of nitrogens with zero attached hydrogens (tertiary/aromatic N) is 5. The number of morpholine rings is 1. The molecule has 5 heterocycles. The molecule has 1 spiro atoms. The van der Waals surface area contributed by atoms with Crippen LogP contribution in [0.25, 0.3) is 10.9 Å². The van der Waals surface area contributed by atoms with Crippen molar-refractivity contribution in [2.45, 2.75) is 37.4 Å². The molecule has 1 aromatic heterocycles. The van der Waals surface area contributed by atoms with Gasteiger partial charge < -0.3 is 25.0 Å². The monoisotopic (exact) mass is 508 g/mol. The molecule has 0 saturated carbocycles. The summed E-state index contributed by atoms with van der Waals surface area (Å²) in [4.78, 5) is 11.9. The van der Waals surface area contributed by atoms with Gasteiger partial charge in [0, 0.05) is 68.6 Å². The number of likely N-dealkylation sites (tertiary alicyclic amines) is 1. The first-order chi connectivity index (χ1) is 18.4. The summed E-state index contributed by atoms with van der Waals surface area (Å²) in [6, 6.07) is 17.5. The molecule has 0 unspecified atom stereocenters. The van der Waals surface area contributed by atoms with Crippen molar-refractivity contribution in [3.63, 3.8) is 0 Å². The number of hydrogen-bond acceptors (Lipinski definition) is 8. The molecule has 194 valence electrons. The SMILES string of the molecule is Bc1ccc2c(N3C[C@H](CN4CC5(C4)OCc4cc(N6CC(N)C6)ccc45)O[C@H](C)C3)ccc(C#N)c2n1. The smallest absolute Gasteiger partial charge is 0.163 e. The Morgan fingerprint density at radius 2 is 1.95 bits per heavy atom. The van der Waals surface area contributed by atoms with Gasteiger partial charge in [-0.2, -0.15) is 5.26 Å². The first kappa shape index (κ1) is 23.9. The van der Waals surface area contributed by atoms with Crippen LogP contribution in [0, 0.1) is 11.3 Å². The van der Waals surface area contributed by atoms with Crippen molar-refractivity contribution >= 4 is 35.7 Å². The molecule has 3 aromatic rings. The van der Waals surface area contributed by atoms with E-state index in [9.17, 15) is 5.26 Å². The van der Waals surface area contributed by atoms with Crippen molar-refractivity contribution in [2.24, 2.45) is 5.73 Å². The molecule has 38 heavy (non-hydrogen) atoms. The van der Waals surface area contributed by atoms with E-state index in [1.165, 1.54) is 16.8 Å². The number of hydrogen-bond donors (Lipinski definition) is 1. The highest BCUT2D eigenvalue weighted by atomic mass is 16.5. The Balaban J connectivity index is 1.04. The summed E-state index contributed by atoms with van der Waals surface area (Å²) in [6.07, 6.45) is 0.212. The van der Waals surface area contributed by atoms with Crippen molar-refractivity contribution in [3.8, 4) is 6.07 Å². The minimum absolute atomic E-state index is 0.0964. The number of nitriles is 1. The molecule has 3 saturated heterocycles. The molecule has 9 heteroatoms. The number of anilines is 2. The van der Waals surface area contributed by atoms with Crippen LogP contribution in [0.3, 0.4) is 0 Å². The van der Waals surface area contributed by atoms with Gasteiger partial charge in [0.1, 0.15) is 11.7 Å². The molecule has 0 aliphatic carbocycles. The minimum atomic E-state index is -0.188. The van der Waals surface area contributed by atoms with E-state index in [-0.39, 0.29) is 17.8 Å². The van der Waals surface area contributed by atoms with E-state index in [1.54, 1.807) is 0 Å². The van der Waals surface area contributed by atoms with Gasteiger partial charge in [-0.15, -0.1) is 0 Å². The molecule has 2 aromatic carbocycles. The summed E-state index contributed by atoms with van der Waals surface area (Å²) in [6.45, 7) is 8.98. The van der Waals surface area contributed by atoms with Crippen LogP contribution in [0.5, 0.6) is 0 Å². The van der Waals surface area contributed by atoms with Gasteiger partial charge in [0.15, 0.2) is 7.85 Å². The van der Waals surface area contributed by atoms with E-state index in [1.807, 2.05) is 20.0 Å². The summed E-state index contributed by atoms with van der Waals surface area (Å²) < 4.78 is 12.8. The van der Waals surface area contributed by atoms with Crippen molar-refractivity contribution in [3.05, 3.63) is 59.2 Å². The van der Waals surface area contributed by atoms with Crippen molar-refractivity contribution in [1.29, 1.82) is 5.26 Å². The minimum Gasteiger partial charge on any atom is -0.370 e. The number of ether oxygens (including phenoxy) is 2. The third-order valence-corrected chi connectivity index (χ3v) is 8.54. The molecule has 0 radical (unpaired) electrons. The van der Waals surface area contributed by atoms with Crippen LogP contribution < -0.4 is 21.1 Å². The highest BCUT2D eigenvalue weighted by Crippen LogP contribution is 2.45. The normalized spacial score (nSPS) is 24.8. The van der Waals surface area contributed by atoms with E-state index >= 15 is 0 Å². The maximum atomic E-state index is 9.61. The maximum Gasteiger partial charge on any atom is 0.163 e. The van der Waals surface area contributed by atoms with Gasteiger partial charge in [-0.05, 0) is 54.0 Å². The molecule has 2 atom stereocenters. The molecule has 4 aliphatic rings. The van der Waals surface area contributed by atoms with Gasteiger partial charge in [-0.25, -0.2) is 0 Å². The van der Waals surface area contributed by atoms with E-state index in [2.05, 4.69) is 63.0 Å². The number of pyridine rings is 1. The van der Waals surface area contributed by atoms with E-state index in [0.717, 1.165) is 68.0 Å². The molecule has 3 fully saturated rings. The van der Waals surface area contributed by atoms with Crippen LogP contribution in [0.1, 0.15) is 23.6 Å². The average Bonchev–Trinajstić information content (AvgIpc) is 3.24. The highest BCUT2D eigenvalue weighted by Gasteiger charge is 2.50. The van der Waals surface area contributed by atoms with E-state index in [0.29, 0.717) is 18.2 Å². The third kappa shape index (κ3) is 3.95. The van der Waals surface area contributed by atoms with Crippen LogP contribution in [0.4, 0.5) is 11.4 Å². The van der Waals surface area contributed by atoms with Gasteiger partial charge in [-0.1, -0.05) is 12.1 Å². The Morgan fingerprint density at radius 3 is 2.74 bits per heavy atom. The molecular weight excluding hydrogens is 475 g/mol. The number of rotatable bonds is 4. The quantitative estimate of drug-likeness (QED) is 0.519. The molecule has 7 rings (SSSR count). The summed E-state index contributed by atoms with van der Waals surface area (Å²) >= 11 is 0. The second-order valence-corrected chi connectivity index (χ2v) is 11.5. The first-order valence-corrected chi connectivity index (χ1v) is 13.6. The fraction of sp³-hybridized carbons (Fsp3) is 0.448. The lowest BCUT2D eigenvalue weighted by Gasteiger charge is -2.50. The molecule has 0 bridgehead atoms. The van der Waals surface area contributed by atoms with Crippen LogP contribution in [-0.2, 0) is 21.7 Å². The van der Waals surface area contributed by atoms with Gasteiger partial charge >= 0.3 is 0 Å². The Morgan fingerprint density at radius 1 is 1.11 bits per heavy atom. The molecule has 4 aliphatic heterocycles. The zero-order valence-electron chi connectivity index (χ0n) is 22.1. The van der Waals surface area contributed by atoms with Crippen molar-refractivity contribution in [1.82, 2.24) is 9.88 Å². The van der Waals surface area contributed by atoms with Gasteiger partial charge in [0.25, 0.3) is 0 Å². The molecule has 0 amide bonds. The van der Waals surface area contributed by atoms with Gasteiger partial charge in [-0.3, -0.25) is 9.88 Å². The summed E-state index contributed by atoms with van der Waals surface area (Å²) in [5.41, 5.74) is 13.1. The fourth-order valence-corrected chi connectivity index (χ4v) is 6.72. The predicted molar refractivity (Wildman–Crippen MR) is 151 cm³/mol. The number of aromatic nitrogens is 1. The molecule has 2 N–H and O–H groups in total. The first-order valence-electron chi connectivity index (χ1n) is 13.6. The summed E-state index contributed by atoms with van der Waals surface area (Å²) in [5.74, 6) is 0. The van der Waals surface area contributed by atoms with Crippen molar-refractivity contribution < 1.29 is 9.47 Å². The zero-order chi connectivity index (χ0) is 26.0. The standard InChI is InChI=1S/C29H33BN6O2/c1-18-10-36(26-6-2-19(9-31)28-24(26)4-7-27(30)33-28)14-23(38-18)13-34-16-29(17-34)25-5-3-22(8-20(25)15-37-29)35-11-21(32)12-35/h2-8,18,21,23H,10-17,30,32H2,1H3/t18-,23+/m1/s1. The molecular formula is C29H33BN6O2. The highest BCUT2D eigenvalue weighted by molar-refractivity contribution is 6.31. The lowest BCUT2D eigenvalue weighted by molar-refractivity contribution is -0.155. The topological polar surface area (TPSA) is 90.9 Å². The summed E-state index contributed by atoms with van der Waals surface area (Å²) in [5, 5.41) is 10.6. The Bertz CT molecular complexity index is 1440. The predicted octanol–water partition coefficient (Wildman–Crippen LogP) is 0.847. The zero-order valence-corrected chi connectivity index (χ0v) is 22.1. The summed E-state index contributed by atoms with van der Waals surface area (Å²) in [7, 11) is 1.97. The van der Waals surface area contributed by atoms with E-state index in [4.69, 9.17) is 15.2 Å². The molecule has 8 nitrogen and oxygen atoms in total. The van der Waals surface area contributed by atoms with Gasteiger partial charge in [0.2, 0.25) is 0 Å². The van der Waals surface area contributed by atoms with Crippen molar-refractivity contribution in [2.75, 3.05) is 55.6 Å². The second kappa shape index (κ2) is 8.96. The van der Waals surface area contributed by atoms with Gasteiger partial charge in [0.05, 0.1) is 29.9 Å². The largest absolute Gasteiger partial charge is 0.370 e. The second-order valence-electron chi connectivity index (χ2n) is 11.5. The van der Waals surface area contributed by atoms with Crippen LogP contribution in [-0.4, -0.2) is 81.8 Å². The number of nitrogens with two attached hydrogens (primary N) is 1. The average molecular weight is 508 g/mol. The Hall–Kier alpha value is -3.16. The van der Waals surface area contributed by atoms with Crippen LogP contribution in [0.2, 0.25) is 0 Å².